The molecule has 6 nitrogen and oxygen atoms in total. The highest BCUT2D eigenvalue weighted by molar-refractivity contribution is 5.68. The zero-order valence-electron chi connectivity index (χ0n) is 11.5. The second-order valence-electron chi connectivity index (χ2n) is 5.97. The van der Waals surface area contributed by atoms with Gasteiger partial charge in [0.05, 0.1) is 32.4 Å². The van der Waals surface area contributed by atoms with Crippen molar-refractivity contribution in [2.24, 2.45) is 0 Å². The van der Waals surface area contributed by atoms with Crippen LogP contribution in [0.3, 0.4) is 0 Å². The van der Waals surface area contributed by atoms with Crippen molar-refractivity contribution >= 4 is 6.09 Å². The summed E-state index contributed by atoms with van der Waals surface area (Å²) >= 11 is 0. The lowest BCUT2D eigenvalue weighted by atomic mass is 10.1. The van der Waals surface area contributed by atoms with Crippen LogP contribution in [0.1, 0.15) is 27.7 Å². The van der Waals surface area contributed by atoms with Crippen LogP contribution >= 0.6 is 0 Å². The van der Waals surface area contributed by atoms with Gasteiger partial charge in [-0.05, 0) is 27.7 Å². The first-order chi connectivity index (χ1) is 8.13. The lowest BCUT2D eigenvalue weighted by Crippen LogP contribution is -2.46. The van der Waals surface area contributed by atoms with Crippen molar-refractivity contribution in [3.05, 3.63) is 0 Å². The van der Waals surface area contributed by atoms with Crippen LogP contribution in [0.2, 0.25) is 0 Å². The van der Waals surface area contributed by atoms with Gasteiger partial charge >= 0.3 is 6.09 Å². The Morgan fingerprint density at radius 3 is 2.67 bits per heavy atom. The standard InChI is InChI=1S/C12H23NO5/c1-11(2,3)18-10(15)13-5-9(6-14)17-8-12(4,16)7-13/h9,14,16H,5-8H2,1-4H3/t9-,12+/m0/s1. The molecule has 1 amide bonds. The molecule has 6 heteroatoms. The average molecular weight is 261 g/mol. The van der Waals surface area contributed by atoms with Crippen molar-refractivity contribution < 1.29 is 24.5 Å². The van der Waals surface area contributed by atoms with Gasteiger partial charge in [-0.15, -0.1) is 0 Å². The van der Waals surface area contributed by atoms with Crippen LogP contribution in [-0.2, 0) is 9.47 Å². The molecule has 1 rings (SSSR count). The first kappa shape index (κ1) is 15.2. The lowest BCUT2D eigenvalue weighted by Gasteiger charge is -2.30. The van der Waals surface area contributed by atoms with Crippen molar-refractivity contribution in [2.45, 2.75) is 45.0 Å². The summed E-state index contributed by atoms with van der Waals surface area (Å²) in [4.78, 5) is 13.3. The molecular weight excluding hydrogens is 238 g/mol. The molecule has 18 heavy (non-hydrogen) atoms. The molecule has 0 aromatic heterocycles. The summed E-state index contributed by atoms with van der Waals surface area (Å²) in [5.41, 5.74) is -1.73. The molecule has 0 spiro atoms. The maximum Gasteiger partial charge on any atom is 0.410 e. The van der Waals surface area contributed by atoms with Crippen LogP contribution in [0, 0.1) is 0 Å². The summed E-state index contributed by atoms with van der Waals surface area (Å²) in [5, 5.41) is 19.2. The van der Waals surface area contributed by atoms with Crippen molar-refractivity contribution in [3.8, 4) is 0 Å². The fraction of sp³-hybridized carbons (Fsp3) is 0.917. The number of hydrogen-bond donors (Lipinski definition) is 2. The Hall–Kier alpha value is -0.850. The molecule has 1 aliphatic heterocycles. The fourth-order valence-corrected chi connectivity index (χ4v) is 1.69. The third-order valence-corrected chi connectivity index (χ3v) is 2.44. The largest absolute Gasteiger partial charge is 0.444 e. The van der Waals surface area contributed by atoms with Gasteiger partial charge in [0.2, 0.25) is 0 Å². The third-order valence-electron chi connectivity index (χ3n) is 2.44. The van der Waals surface area contributed by atoms with E-state index in [-0.39, 0.29) is 26.3 Å². The zero-order chi connectivity index (χ0) is 14.0. The normalized spacial score (nSPS) is 29.9. The number of ether oxygens (including phenoxy) is 2. The van der Waals surface area contributed by atoms with Gasteiger partial charge in [-0.2, -0.15) is 0 Å². The Kier molecular flexibility index (Phi) is 4.58. The summed E-state index contributed by atoms with van der Waals surface area (Å²) in [6, 6.07) is 0. The summed E-state index contributed by atoms with van der Waals surface area (Å²) in [7, 11) is 0. The Morgan fingerprint density at radius 1 is 1.56 bits per heavy atom. The van der Waals surface area contributed by atoms with Gasteiger partial charge in [-0.1, -0.05) is 0 Å². The zero-order valence-corrected chi connectivity index (χ0v) is 11.5. The van der Waals surface area contributed by atoms with Gasteiger partial charge in [-0.25, -0.2) is 4.79 Å². The molecule has 1 aliphatic rings. The molecule has 0 unspecified atom stereocenters. The van der Waals surface area contributed by atoms with Gasteiger partial charge < -0.3 is 24.6 Å². The van der Waals surface area contributed by atoms with Crippen LogP contribution in [0.25, 0.3) is 0 Å². The molecule has 0 radical (unpaired) electrons. The highest BCUT2D eigenvalue weighted by Gasteiger charge is 2.35. The van der Waals surface area contributed by atoms with Crippen LogP contribution in [0.5, 0.6) is 0 Å². The molecule has 1 fully saturated rings. The molecule has 1 saturated heterocycles. The molecule has 0 bridgehead atoms. The van der Waals surface area contributed by atoms with Crippen LogP contribution in [0.4, 0.5) is 4.79 Å². The van der Waals surface area contributed by atoms with Gasteiger partial charge in [0.15, 0.2) is 0 Å². The molecule has 0 saturated carbocycles. The van der Waals surface area contributed by atoms with Crippen LogP contribution in [0.15, 0.2) is 0 Å². The summed E-state index contributed by atoms with van der Waals surface area (Å²) < 4.78 is 10.6. The minimum atomic E-state index is -1.14. The fourth-order valence-electron chi connectivity index (χ4n) is 1.69. The summed E-state index contributed by atoms with van der Waals surface area (Å²) in [6.45, 7) is 7.14. The van der Waals surface area contributed by atoms with Crippen molar-refractivity contribution in [3.63, 3.8) is 0 Å². The first-order valence-electron chi connectivity index (χ1n) is 6.06. The predicted octanol–water partition coefficient (Wildman–Crippen LogP) is 0.366. The van der Waals surface area contributed by atoms with E-state index in [1.165, 1.54) is 4.90 Å². The van der Waals surface area contributed by atoms with Crippen LogP contribution in [-0.4, -0.2) is 64.8 Å². The highest BCUT2D eigenvalue weighted by Crippen LogP contribution is 2.18. The van der Waals surface area contributed by atoms with Gasteiger partial charge in [0, 0.05) is 0 Å². The monoisotopic (exact) mass is 261 g/mol. The van der Waals surface area contributed by atoms with E-state index in [9.17, 15) is 9.90 Å². The predicted molar refractivity (Wildman–Crippen MR) is 65.3 cm³/mol. The number of aliphatic hydroxyl groups excluding tert-OH is 1. The Morgan fingerprint density at radius 2 is 2.17 bits per heavy atom. The summed E-state index contributed by atoms with van der Waals surface area (Å²) in [6.07, 6.45) is -1.00. The van der Waals surface area contributed by atoms with E-state index in [1.807, 2.05) is 0 Å². The van der Waals surface area contributed by atoms with Gasteiger partial charge in [0.25, 0.3) is 0 Å². The second-order valence-corrected chi connectivity index (χ2v) is 5.97. The van der Waals surface area contributed by atoms with E-state index in [0.29, 0.717) is 0 Å². The molecule has 106 valence electrons. The number of β-amino-alcohol motifs (C(OH)–C–C–N with tert-alkyl or cyclic N) is 1. The second kappa shape index (κ2) is 5.42. The minimum Gasteiger partial charge on any atom is -0.444 e. The SMILES string of the molecule is CC(C)(C)OC(=O)N1C[C@@H](CO)OC[C@](C)(O)C1. The van der Waals surface area contributed by atoms with E-state index in [2.05, 4.69) is 0 Å². The van der Waals surface area contributed by atoms with Crippen LogP contribution < -0.4 is 0 Å². The highest BCUT2D eigenvalue weighted by atomic mass is 16.6. The average Bonchev–Trinajstić information content (AvgIpc) is 2.34. The van der Waals surface area contributed by atoms with Crippen molar-refractivity contribution in [1.29, 1.82) is 0 Å². The Bertz CT molecular complexity index is 297. The maximum absolute atomic E-state index is 12.0. The number of hydrogen-bond acceptors (Lipinski definition) is 5. The Balaban J connectivity index is 2.74. The maximum atomic E-state index is 12.0. The molecule has 0 aliphatic carbocycles. The number of amides is 1. The topological polar surface area (TPSA) is 79.2 Å². The number of carbonyl (C=O) groups excluding carboxylic acids is 1. The van der Waals surface area contributed by atoms with Crippen molar-refractivity contribution in [2.75, 3.05) is 26.3 Å². The molecule has 2 N–H and O–H groups in total. The van der Waals surface area contributed by atoms with E-state index in [1.54, 1.807) is 27.7 Å². The quantitative estimate of drug-likeness (QED) is 0.712. The number of nitrogens with zero attached hydrogens (tertiary/aromatic N) is 1. The van der Waals surface area contributed by atoms with Gasteiger partial charge in [-0.3, -0.25) is 0 Å². The molecule has 0 aromatic rings. The third kappa shape index (κ3) is 4.80. The molecule has 1 heterocycles. The molecule has 2 atom stereocenters. The Labute approximate surface area is 107 Å². The molecular formula is C12H23NO5. The van der Waals surface area contributed by atoms with E-state index in [0.717, 1.165) is 0 Å². The van der Waals surface area contributed by atoms with Crippen molar-refractivity contribution in [1.82, 2.24) is 4.90 Å². The molecule has 0 aromatic carbocycles. The van der Waals surface area contributed by atoms with Gasteiger partial charge in [0.1, 0.15) is 11.2 Å². The van der Waals surface area contributed by atoms with E-state index in [4.69, 9.17) is 14.6 Å². The number of rotatable bonds is 1. The number of carbonyl (C=O) groups is 1. The minimum absolute atomic E-state index is 0.0809. The smallest absolute Gasteiger partial charge is 0.410 e. The first-order valence-corrected chi connectivity index (χ1v) is 6.06. The lowest BCUT2D eigenvalue weighted by molar-refractivity contribution is -0.0538. The van der Waals surface area contributed by atoms with E-state index >= 15 is 0 Å². The summed E-state index contributed by atoms with van der Waals surface area (Å²) in [5.74, 6) is 0. The number of aliphatic hydroxyl groups is 2. The van der Waals surface area contributed by atoms with E-state index < -0.39 is 23.4 Å².